The predicted molar refractivity (Wildman–Crippen MR) is 119 cm³/mol. The molecule has 0 spiro atoms. The molecular formula is C21H20Br2N2O4. The lowest BCUT2D eigenvalue weighted by atomic mass is 10.0. The van der Waals surface area contributed by atoms with Crippen LogP contribution >= 0.6 is 31.9 Å². The number of hydrogen-bond donors (Lipinski definition) is 0. The molecular weight excluding hydrogens is 504 g/mol. The van der Waals surface area contributed by atoms with Crippen LogP contribution in [0.2, 0.25) is 0 Å². The first kappa shape index (κ1) is 23.0. The molecule has 2 rings (SSSR count). The molecule has 0 bridgehead atoms. The second kappa shape index (κ2) is 9.45. The molecule has 152 valence electrons. The molecule has 0 radical (unpaired) electrons. The molecule has 4 amide bonds. The van der Waals surface area contributed by atoms with Crippen LogP contribution in [0.15, 0.2) is 45.3 Å². The van der Waals surface area contributed by atoms with Crippen molar-refractivity contribution in [3.8, 4) is 0 Å². The molecule has 0 aromatic heterocycles. The fourth-order valence-corrected chi connectivity index (χ4v) is 4.25. The first-order valence-corrected chi connectivity index (χ1v) is 10.3. The van der Waals surface area contributed by atoms with E-state index in [1.807, 2.05) is 24.3 Å². The summed E-state index contributed by atoms with van der Waals surface area (Å²) in [4.78, 5) is 49.3. The van der Waals surface area contributed by atoms with E-state index in [9.17, 15) is 19.2 Å². The standard InChI is InChI=1S/C21H20Br2N2O4/c1-12(26)24(13(2)27)20-7-5-16(10-18(20)22)9-17-6-8-21(19(23)11-17)25(14(3)28)15(4)29/h5-8,10-11H,9H2,1-4H3. The summed E-state index contributed by atoms with van der Waals surface area (Å²) in [5.41, 5.74) is 2.90. The monoisotopic (exact) mass is 522 g/mol. The Morgan fingerprint density at radius 2 is 0.966 bits per heavy atom. The van der Waals surface area contributed by atoms with Crippen molar-refractivity contribution in [3.63, 3.8) is 0 Å². The van der Waals surface area contributed by atoms with Gasteiger partial charge in [-0.15, -0.1) is 0 Å². The number of halogens is 2. The van der Waals surface area contributed by atoms with Crippen molar-refractivity contribution in [2.45, 2.75) is 34.1 Å². The Morgan fingerprint density at radius 1 is 0.655 bits per heavy atom. The van der Waals surface area contributed by atoms with Crippen LogP contribution in [0, 0.1) is 0 Å². The van der Waals surface area contributed by atoms with Crippen LogP contribution in [0.4, 0.5) is 11.4 Å². The van der Waals surface area contributed by atoms with Crippen LogP contribution in [0.1, 0.15) is 38.8 Å². The summed E-state index contributed by atoms with van der Waals surface area (Å²) in [6, 6.07) is 10.8. The van der Waals surface area contributed by atoms with Gasteiger partial charge in [0, 0.05) is 36.6 Å². The van der Waals surface area contributed by atoms with Crippen LogP contribution in [0.5, 0.6) is 0 Å². The summed E-state index contributed by atoms with van der Waals surface area (Å²) in [5.74, 6) is -1.42. The van der Waals surface area contributed by atoms with E-state index in [0.717, 1.165) is 20.9 Å². The van der Waals surface area contributed by atoms with Crippen molar-refractivity contribution in [3.05, 3.63) is 56.5 Å². The van der Waals surface area contributed by atoms with Crippen molar-refractivity contribution in [1.29, 1.82) is 0 Å². The van der Waals surface area contributed by atoms with Crippen LogP contribution in [0.25, 0.3) is 0 Å². The maximum absolute atomic E-state index is 11.8. The van der Waals surface area contributed by atoms with Gasteiger partial charge in [0.2, 0.25) is 23.6 Å². The van der Waals surface area contributed by atoms with Crippen molar-refractivity contribution in [2.24, 2.45) is 0 Å². The molecule has 2 aromatic rings. The lowest BCUT2D eigenvalue weighted by Gasteiger charge is -2.20. The SMILES string of the molecule is CC(=O)N(C(C)=O)c1ccc(Cc2ccc(N(C(C)=O)C(C)=O)c(Br)c2)cc1Br. The molecule has 2 aromatic carbocycles. The Bertz CT molecular complexity index is 897. The van der Waals surface area contributed by atoms with Crippen molar-refractivity contribution < 1.29 is 19.2 Å². The zero-order valence-corrected chi connectivity index (χ0v) is 19.6. The van der Waals surface area contributed by atoms with Crippen LogP contribution < -0.4 is 9.80 Å². The Labute approximate surface area is 186 Å². The normalized spacial score (nSPS) is 10.4. The fraction of sp³-hybridized carbons (Fsp3) is 0.238. The molecule has 0 heterocycles. The van der Waals surface area contributed by atoms with Gasteiger partial charge in [-0.1, -0.05) is 12.1 Å². The Balaban J connectivity index is 2.31. The lowest BCUT2D eigenvalue weighted by Crippen LogP contribution is -2.33. The van der Waals surface area contributed by atoms with Gasteiger partial charge in [0.05, 0.1) is 11.4 Å². The van der Waals surface area contributed by atoms with E-state index in [0.29, 0.717) is 26.7 Å². The largest absolute Gasteiger partial charge is 0.274 e. The van der Waals surface area contributed by atoms with Gasteiger partial charge in [0.1, 0.15) is 0 Å². The van der Waals surface area contributed by atoms with Gasteiger partial charge in [-0.2, -0.15) is 0 Å². The van der Waals surface area contributed by atoms with E-state index in [4.69, 9.17) is 0 Å². The van der Waals surface area contributed by atoms with Gasteiger partial charge in [-0.05, 0) is 73.7 Å². The molecule has 8 heteroatoms. The highest BCUT2D eigenvalue weighted by Crippen LogP contribution is 2.31. The third-order valence-electron chi connectivity index (χ3n) is 4.17. The number of carbonyl (C=O) groups excluding carboxylic acids is 4. The topological polar surface area (TPSA) is 74.8 Å². The van der Waals surface area contributed by atoms with Gasteiger partial charge in [0.15, 0.2) is 0 Å². The number of anilines is 2. The Hall–Kier alpha value is -2.32. The molecule has 0 unspecified atom stereocenters. The summed E-state index contributed by atoms with van der Waals surface area (Å²) in [6.07, 6.45) is 0.581. The minimum atomic E-state index is -0.356. The molecule has 0 aliphatic heterocycles. The molecule has 0 fully saturated rings. The molecule has 0 aliphatic rings. The number of nitrogens with zero attached hydrogens (tertiary/aromatic N) is 2. The van der Waals surface area contributed by atoms with E-state index in [-0.39, 0.29) is 23.6 Å². The summed E-state index contributed by atoms with van der Waals surface area (Å²) >= 11 is 6.88. The number of benzene rings is 2. The summed E-state index contributed by atoms with van der Waals surface area (Å²) < 4.78 is 1.27. The highest BCUT2D eigenvalue weighted by Gasteiger charge is 2.20. The zero-order chi connectivity index (χ0) is 21.9. The van der Waals surface area contributed by atoms with Crippen LogP contribution in [0.3, 0.4) is 0 Å². The Morgan fingerprint density at radius 3 is 1.21 bits per heavy atom. The minimum absolute atomic E-state index is 0.356. The van der Waals surface area contributed by atoms with Crippen molar-refractivity contribution >= 4 is 66.9 Å². The average molecular weight is 524 g/mol. The number of rotatable bonds is 4. The quantitative estimate of drug-likeness (QED) is 0.586. The molecule has 0 N–H and O–H groups in total. The maximum Gasteiger partial charge on any atom is 0.230 e. The lowest BCUT2D eigenvalue weighted by molar-refractivity contribution is -0.125. The number of amides is 4. The van der Waals surface area contributed by atoms with E-state index in [1.165, 1.54) is 27.7 Å². The molecule has 6 nitrogen and oxygen atoms in total. The number of hydrogen-bond acceptors (Lipinski definition) is 4. The third kappa shape index (κ3) is 5.39. The summed E-state index contributed by atoms with van der Waals surface area (Å²) in [5, 5.41) is 0. The summed E-state index contributed by atoms with van der Waals surface area (Å²) in [7, 11) is 0. The maximum atomic E-state index is 11.8. The highest BCUT2D eigenvalue weighted by atomic mass is 79.9. The zero-order valence-electron chi connectivity index (χ0n) is 16.5. The van der Waals surface area contributed by atoms with Crippen molar-refractivity contribution in [2.75, 3.05) is 9.80 Å². The number of carbonyl (C=O) groups is 4. The minimum Gasteiger partial charge on any atom is -0.274 e. The van der Waals surface area contributed by atoms with Gasteiger partial charge in [-0.3, -0.25) is 19.2 Å². The molecule has 0 aliphatic carbocycles. The van der Waals surface area contributed by atoms with Gasteiger partial charge < -0.3 is 0 Å². The van der Waals surface area contributed by atoms with Gasteiger partial charge in [-0.25, -0.2) is 9.80 Å². The molecule has 0 atom stereocenters. The van der Waals surface area contributed by atoms with Gasteiger partial charge in [0.25, 0.3) is 0 Å². The van der Waals surface area contributed by atoms with E-state index >= 15 is 0 Å². The first-order valence-electron chi connectivity index (χ1n) is 8.72. The average Bonchev–Trinajstić information content (AvgIpc) is 2.58. The van der Waals surface area contributed by atoms with Crippen LogP contribution in [-0.2, 0) is 25.6 Å². The Kier molecular flexibility index (Phi) is 7.48. The molecule has 0 saturated carbocycles. The number of imide groups is 2. The predicted octanol–water partition coefficient (Wildman–Crippen LogP) is 4.60. The first-order chi connectivity index (χ1) is 13.5. The molecule has 29 heavy (non-hydrogen) atoms. The summed E-state index contributed by atoms with van der Waals surface area (Å²) in [6.45, 7) is 5.36. The third-order valence-corrected chi connectivity index (χ3v) is 5.44. The van der Waals surface area contributed by atoms with Crippen molar-refractivity contribution in [1.82, 2.24) is 0 Å². The van der Waals surface area contributed by atoms with Crippen LogP contribution in [-0.4, -0.2) is 23.6 Å². The van der Waals surface area contributed by atoms with Gasteiger partial charge >= 0.3 is 0 Å². The van der Waals surface area contributed by atoms with E-state index in [2.05, 4.69) is 31.9 Å². The second-order valence-electron chi connectivity index (χ2n) is 6.50. The highest BCUT2D eigenvalue weighted by molar-refractivity contribution is 9.11. The molecule has 0 saturated heterocycles. The fourth-order valence-electron chi connectivity index (χ4n) is 3.04. The van der Waals surface area contributed by atoms with E-state index in [1.54, 1.807) is 12.1 Å². The van der Waals surface area contributed by atoms with E-state index < -0.39 is 0 Å². The smallest absolute Gasteiger partial charge is 0.230 e. The second-order valence-corrected chi connectivity index (χ2v) is 8.20.